The monoisotopic (exact) mass is 178 g/mol. The molecule has 0 saturated carbocycles. The van der Waals surface area contributed by atoms with Crippen LogP contribution in [-0.2, 0) is 0 Å². The minimum Gasteiger partial charge on any atom is -0.324 e. The summed E-state index contributed by atoms with van der Waals surface area (Å²) in [6, 6.07) is 6.19. The molecule has 0 amide bonds. The fourth-order valence-corrected chi connectivity index (χ4v) is 2.09. The molecule has 1 unspecified atom stereocenters. The highest BCUT2D eigenvalue weighted by molar-refractivity contribution is 7.19. The van der Waals surface area contributed by atoms with Gasteiger partial charge in [-0.05, 0) is 25.1 Å². The van der Waals surface area contributed by atoms with E-state index in [1.807, 2.05) is 13.0 Å². The second-order valence-corrected chi connectivity index (χ2v) is 3.94. The molecule has 2 rings (SSSR count). The molecule has 2 aromatic heterocycles. The molecule has 1 atom stereocenters. The Bertz CT molecular complexity index is 359. The quantitative estimate of drug-likeness (QED) is 0.727. The molecule has 62 valence electrons. The van der Waals surface area contributed by atoms with Crippen LogP contribution in [0.4, 0.5) is 0 Å². The number of hydrogen-bond donors (Lipinski definition) is 1. The molecule has 0 saturated heterocycles. The number of rotatable bonds is 1. The van der Waals surface area contributed by atoms with Crippen LogP contribution in [0.25, 0.3) is 10.2 Å². The SMILES string of the molecule is CC(N)c1cc2ncccc2s1. The van der Waals surface area contributed by atoms with Gasteiger partial charge in [-0.15, -0.1) is 11.3 Å². The summed E-state index contributed by atoms with van der Waals surface area (Å²) in [4.78, 5) is 5.44. The topological polar surface area (TPSA) is 38.9 Å². The van der Waals surface area contributed by atoms with Gasteiger partial charge in [-0.25, -0.2) is 0 Å². The van der Waals surface area contributed by atoms with Crippen molar-refractivity contribution in [3.05, 3.63) is 29.3 Å². The normalized spacial score (nSPS) is 13.5. The van der Waals surface area contributed by atoms with E-state index in [2.05, 4.69) is 17.1 Å². The molecule has 0 aromatic carbocycles. The summed E-state index contributed by atoms with van der Waals surface area (Å²) in [5, 5.41) is 0. The van der Waals surface area contributed by atoms with Gasteiger partial charge >= 0.3 is 0 Å². The summed E-state index contributed by atoms with van der Waals surface area (Å²) in [6.45, 7) is 1.99. The summed E-state index contributed by atoms with van der Waals surface area (Å²) >= 11 is 1.72. The van der Waals surface area contributed by atoms with Crippen LogP contribution in [0.5, 0.6) is 0 Å². The van der Waals surface area contributed by atoms with Gasteiger partial charge in [0.2, 0.25) is 0 Å². The van der Waals surface area contributed by atoms with Crippen LogP contribution in [0.3, 0.4) is 0 Å². The maximum absolute atomic E-state index is 5.76. The molecule has 3 heteroatoms. The van der Waals surface area contributed by atoms with Crippen molar-refractivity contribution in [3.63, 3.8) is 0 Å². The van der Waals surface area contributed by atoms with Crippen LogP contribution in [-0.4, -0.2) is 4.98 Å². The predicted octanol–water partition coefficient (Wildman–Crippen LogP) is 2.32. The van der Waals surface area contributed by atoms with Gasteiger partial charge in [-0.1, -0.05) is 0 Å². The molecule has 2 aromatic rings. The molecule has 0 aliphatic rings. The number of thiophene rings is 1. The molecule has 0 bridgehead atoms. The first-order valence-electron chi connectivity index (χ1n) is 3.87. The van der Waals surface area contributed by atoms with Gasteiger partial charge in [0.05, 0.1) is 10.2 Å². The number of nitrogens with zero attached hydrogens (tertiary/aromatic N) is 1. The molecule has 0 fully saturated rings. The Hall–Kier alpha value is -0.930. The van der Waals surface area contributed by atoms with Crippen molar-refractivity contribution in [1.82, 2.24) is 4.98 Å². The highest BCUT2D eigenvalue weighted by Crippen LogP contribution is 2.26. The van der Waals surface area contributed by atoms with Crippen LogP contribution in [0.15, 0.2) is 24.4 Å². The van der Waals surface area contributed by atoms with Gasteiger partial charge in [0.25, 0.3) is 0 Å². The van der Waals surface area contributed by atoms with Crippen molar-refractivity contribution in [3.8, 4) is 0 Å². The molecule has 2 heterocycles. The summed E-state index contributed by atoms with van der Waals surface area (Å²) < 4.78 is 1.21. The van der Waals surface area contributed by atoms with Gasteiger partial charge in [0.1, 0.15) is 0 Å². The van der Waals surface area contributed by atoms with E-state index < -0.39 is 0 Å². The predicted molar refractivity (Wildman–Crippen MR) is 52.2 cm³/mol. The van der Waals surface area contributed by atoms with Crippen LogP contribution < -0.4 is 5.73 Å². The third-order valence-corrected chi connectivity index (χ3v) is 3.05. The fourth-order valence-electron chi connectivity index (χ4n) is 1.11. The van der Waals surface area contributed by atoms with Crippen LogP contribution >= 0.6 is 11.3 Å². The molecule has 2 N–H and O–H groups in total. The van der Waals surface area contributed by atoms with Gasteiger partial charge in [-0.2, -0.15) is 0 Å². The maximum atomic E-state index is 5.76. The van der Waals surface area contributed by atoms with E-state index in [0.29, 0.717) is 0 Å². The van der Waals surface area contributed by atoms with Crippen molar-refractivity contribution in [2.24, 2.45) is 5.73 Å². The van der Waals surface area contributed by atoms with Gasteiger partial charge < -0.3 is 5.73 Å². The zero-order valence-electron chi connectivity index (χ0n) is 6.82. The van der Waals surface area contributed by atoms with Crippen LogP contribution in [0.1, 0.15) is 17.8 Å². The van der Waals surface area contributed by atoms with Crippen molar-refractivity contribution >= 4 is 21.6 Å². The van der Waals surface area contributed by atoms with E-state index in [0.717, 1.165) is 5.52 Å². The number of aromatic nitrogens is 1. The van der Waals surface area contributed by atoms with E-state index >= 15 is 0 Å². The maximum Gasteiger partial charge on any atom is 0.0813 e. The van der Waals surface area contributed by atoms with E-state index in [1.165, 1.54) is 9.58 Å². The number of nitrogens with two attached hydrogens (primary N) is 1. The highest BCUT2D eigenvalue weighted by Gasteiger charge is 2.04. The van der Waals surface area contributed by atoms with E-state index in [-0.39, 0.29) is 6.04 Å². The Morgan fingerprint density at radius 2 is 2.42 bits per heavy atom. The molecule has 12 heavy (non-hydrogen) atoms. The molecule has 0 spiro atoms. The lowest BCUT2D eigenvalue weighted by atomic mass is 10.3. The minimum absolute atomic E-state index is 0.115. The molecule has 0 aliphatic carbocycles. The third-order valence-electron chi connectivity index (χ3n) is 1.76. The summed E-state index contributed by atoms with van der Waals surface area (Å²) in [6.07, 6.45) is 1.81. The lowest BCUT2D eigenvalue weighted by Gasteiger charge is -1.96. The number of hydrogen-bond acceptors (Lipinski definition) is 3. The zero-order valence-corrected chi connectivity index (χ0v) is 7.64. The van der Waals surface area contributed by atoms with Gasteiger partial charge in [0.15, 0.2) is 0 Å². The number of pyridine rings is 1. The summed E-state index contributed by atoms with van der Waals surface area (Å²) in [5.41, 5.74) is 6.81. The molecular weight excluding hydrogens is 168 g/mol. The smallest absolute Gasteiger partial charge is 0.0813 e. The third kappa shape index (κ3) is 1.21. The first-order valence-corrected chi connectivity index (χ1v) is 4.69. The van der Waals surface area contributed by atoms with Crippen LogP contribution in [0.2, 0.25) is 0 Å². The number of fused-ring (bicyclic) bond motifs is 1. The second kappa shape index (κ2) is 2.84. The Morgan fingerprint density at radius 1 is 1.58 bits per heavy atom. The van der Waals surface area contributed by atoms with Crippen molar-refractivity contribution in [2.45, 2.75) is 13.0 Å². The van der Waals surface area contributed by atoms with Crippen molar-refractivity contribution in [1.29, 1.82) is 0 Å². The Morgan fingerprint density at radius 3 is 3.08 bits per heavy atom. The Labute approximate surface area is 75.0 Å². The Kier molecular flexibility index (Phi) is 1.83. The van der Waals surface area contributed by atoms with E-state index in [1.54, 1.807) is 17.5 Å². The fraction of sp³-hybridized carbons (Fsp3) is 0.222. The second-order valence-electron chi connectivity index (χ2n) is 2.82. The minimum atomic E-state index is 0.115. The Balaban J connectivity index is 2.62. The standard InChI is InChI=1S/C9H10N2S/c1-6(10)9-5-7-8(12-9)3-2-4-11-7/h2-6H,10H2,1H3. The van der Waals surface area contributed by atoms with E-state index in [9.17, 15) is 0 Å². The van der Waals surface area contributed by atoms with Gasteiger partial charge in [0, 0.05) is 17.1 Å². The molecule has 2 nitrogen and oxygen atoms in total. The lowest BCUT2D eigenvalue weighted by Crippen LogP contribution is -2.01. The molecule has 0 aliphatic heterocycles. The highest BCUT2D eigenvalue weighted by atomic mass is 32.1. The van der Waals surface area contributed by atoms with Crippen molar-refractivity contribution < 1.29 is 0 Å². The molecule has 0 radical (unpaired) electrons. The first-order chi connectivity index (χ1) is 5.77. The van der Waals surface area contributed by atoms with Crippen LogP contribution in [0, 0.1) is 0 Å². The largest absolute Gasteiger partial charge is 0.324 e. The average molecular weight is 178 g/mol. The first kappa shape index (κ1) is 7.71. The lowest BCUT2D eigenvalue weighted by molar-refractivity contribution is 0.839. The molecular formula is C9H10N2S. The van der Waals surface area contributed by atoms with Gasteiger partial charge in [-0.3, -0.25) is 4.98 Å². The summed E-state index contributed by atoms with van der Waals surface area (Å²) in [5.74, 6) is 0. The van der Waals surface area contributed by atoms with Crippen molar-refractivity contribution in [2.75, 3.05) is 0 Å². The zero-order chi connectivity index (χ0) is 8.55. The van der Waals surface area contributed by atoms with E-state index in [4.69, 9.17) is 5.73 Å². The average Bonchev–Trinajstić information content (AvgIpc) is 2.46. The summed E-state index contributed by atoms with van der Waals surface area (Å²) in [7, 11) is 0.